The molecule has 5 heteroatoms. The number of methoxy groups -OCH3 is 1. The molecule has 0 heterocycles. The third kappa shape index (κ3) is 5.16. The molecule has 1 aliphatic rings. The van der Waals surface area contributed by atoms with E-state index in [2.05, 4.69) is 4.90 Å². The highest BCUT2D eigenvalue weighted by Crippen LogP contribution is 2.43. The van der Waals surface area contributed by atoms with Crippen LogP contribution in [-0.4, -0.2) is 43.9 Å². The lowest BCUT2D eigenvalue weighted by atomic mass is 9.70. The molecule has 0 radical (unpaired) electrons. The number of hydrogen-bond acceptors (Lipinski definition) is 4. The second kappa shape index (κ2) is 9.45. The highest BCUT2D eigenvalue weighted by atomic mass is 35.5. The van der Waals surface area contributed by atoms with Gasteiger partial charge in [-0.3, -0.25) is 0 Å². The second-order valence-electron chi connectivity index (χ2n) is 7.44. The predicted octanol–water partition coefficient (Wildman–Crippen LogP) is 4.11. The van der Waals surface area contributed by atoms with Crippen molar-refractivity contribution in [3.05, 3.63) is 60.2 Å². The number of halogens is 1. The van der Waals surface area contributed by atoms with E-state index in [9.17, 15) is 5.11 Å². The Balaban J connectivity index is 0.00000261. The highest BCUT2D eigenvalue weighted by molar-refractivity contribution is 5.85. The third-order valence-corrected chi connectivity index (χ3v) is 5.27. The van der Waals surface area contributed by atoms with Crippen molar-refractivity contribution in [2.75, 3.05) is 27.7 Å². The van der Waals surface area contributed by atoms with E-state index in [-0.39, 0.29) is 24.4 Å². The van der Waals surface area contributed by atoms with E-state index in [0.29, 0.717) is 6.42 Å². The summed E-state index contributed by atoms with van der Waals surface area (Å²) in [7, 11) is 5.76. The summed E-state index contributed by atoms with van der Waals surface area (Å²) in [5, 5.41) is 11.6. The molecule has 0 saturated heterocycles. The van der Waals surface area contributed by atoms with E-state index in [1.54, 1.807) is 7.11 Å². The van der Waals surface area contributed by atoms with Gasteiger partial charge in [0.1, 0.15) is 11.5 Å². The molecule has 2 aromatic carbocycles. The fourth-order valence-corrected chi connectivity index (χ4v) is 3.95. The lowest BCUT2D eigenvalue weighted by Crippen LogP contribution is -2.47. The van der Waals surface area contributed by atoms with Gasteiger partial charge in [-0.05, 0) is 63.2 Å². The van der Waals surface area contributed by atoms with E-state index in [4.69, 9.17) is 9.47 Å². The fourth-order valence-electron chi connectivity index (χ4n) is 3.95. The quantitative estimate of drug-likeness (QED) is 0.804. The summed E-state index contributed by atoms with van der Waals surface area (Å²) in [5.41, 5.74) is 0.0666. The first kappa shape index (κ1) is 21.5. The van der Waals surface area contributed by atoms with Crippen LogP contribution >= 0.6 is 12.4 Å². The summed E-state index contributed by atoms with van der Waals surface area (Å²) in [4.78, 5) is 2.14. The number of hydrogen-bond donors (Lipinski definition) is 1. The summed E-state index contributed by atoms with van der Waals surface area (Å²) in [6, 6.07) is 17.8. The Labute approximate surface area is 168 Å². The molecule has 1 N–H and O–H groups in total. The fraction of sp³-hybridized carbons (Fsp3) is 0.455. The normalized spacial score (nSPS) is 24.9. The van der Waals surface area contributed by atoms with Crippen LogP contribution in [0.15, 0.2) is 54.6 Å². The molecule has 4 nitrogen and oxygen atoms in total. The molecular formula is C22H30ClNO3. The minimum absolute atomic E-state index is 0. The number of para-hydroxylation sites is 1. The summed E-state index contributed by atoms with van der Waals surface area (Å²) in [6.07, 6.45) is 2.44. The summed E-state index contributed by atoms with van der Waals surface area (Å²) in [6.45, 7) is 0.808. The van der Waals surface area contributed by atoms with E-state index in [0.717, 1.165) is 36.4 Å². The molecule has 27 heavy (non-hydrogen) atoms. The molecule has 1 fully saturated rings. The van der Waals surface area contributed by atoms with Crippen LogP contribution < -0.4 is 9.47 Å². The maximum absolute atomic E-state index is 11.6. The van der Waals surface area contributed by atoms with Crippen molar-refractivity contribution in [3.8, 4) is 11.5 Å². The minimum atomic E-state index is -0.866. The van der Waals surface area contributed by atoms with Gasteiger partial charge in [-0.15, -0.1) is 12.4 Å². The number of nitrogens with zero attached hydrogens (tertiary/aromatic N) is 1. The number of ether oxygens (including phenoxy) is 2. The predicted molar refractivity (Wildman–Crippen MR) is 111 cm³/mol. The molecule has 0 bridgehead atoms. The van der Waals surface area contributed by atoms with Crippen LogP contribution in [0.4, 0.5) is 0 Å². The van der Waals surface area contributed by atoms with E-state index >= 15 is 0 Å². The Hall–Kier alpha value is -1.75. The third-order valence-electron chi connectivity index (χ3n) is 5.27. The average Bonchev–Trinajstić information content (AvgIpc) is 2.65. The topological polar surface area (TPSA) is 41.9 Å². The van der Waals surface area contributed by atoms with Crippen LogP contribution in [0.3, 0.4) is 0 Å². The Morgan fingerprint density at radius 1 is 1.07 bits per heavy atom. The molecule has 2 aromatic rings. The van der Waals surface area contributed by atoms with Crippen molar-refractivity contribution in [3.63, 3.8) is 0 Å². The summed E-state index contributed by atoms with van der Waals surface area (Å²) < 4.78 is 11.5. The first-order valence-electron chi connectivity index (χ1n) is 9.24. The Morgan fingerprint density at radius 2 is 1.78 bits per heavy atom. The van der Waals surface area contributed by atoms with Crippen molar-refractivity contribution < 1.29 is 14.6 Å². The molecule has 3 rings (SSSR count). The smallest absolute Gasteiger partial charge is 0.119 e. The van der Waals surface area contributed by atoms with Gasteiger partial charge in [-0.25, -0.2) is 0 Å². The summed E-state index contributed by atoms with van der Waals surface area (Å²) in [5.74, 6) is 1.77. The second-order valence-corrected chi connectivity index (χ2v) is 7.44. The van der Waals surface area contributed by atoms with Gasteiger partial charge in [0.15, 0.2) is 0 Å². The van der Waals surface area contributed by atoms with Gasteiger partial charge in [0, 0.05) is 12.5 Å². The largest absolute Gasteiger partial charge is 0.497 e. The van der Waals surface area contributed by atoms with Gasteiger partial charge in [0.05, 0.1) is 18.8 Å². The molecule has 3 atom stereocenters. The number of aliphatic hydroxyl groups is 1. The molecule has 148 valence electrons. The molecule has 1 saturated carbocycles. The average molecular weight is 392 g/mol. The zero-order valence-corrected chi connectivity index (χ0v) is 17.1. The maximum atomic E-state index is 11.6. The van der Waals surface area contributed by atoms with E-state index in [1.807, 2.05) is 68.7 Å². The van der Waals surface area contributed by atoms with Crippen LogP contribution in [0.1, 0.15) is 24.8 Å². The molecular weight excluding hydrogens is 362 g/mol. The van der Waals surface area contributed by atoms with E-state index < -0.39 is 5.60 Å². The summed E-state index contributed by atoms with van der Waals surface area (Å²) >= 11 is 0. The van der Waals surface area contributed by atoms with Gasteiger partial charge in [-0.2, -0.15) is 0 Å². The zero-order chi connectivity index (χ0) is 18.6. The molecule has 1 aliphatic carbocycles. The monoisotopic (exact) mass is 391 g/mol. The SMILES string of the molecule is COc1cccc(C2(O)CCC(Oc3ccccc3)CC2CN(C)C)c1.Cl. The van der Waals surface area contributed by atoms with Crippen LogP contribution in [0.5, 0.6) is 11.5 Å². The Morgan fingerprint density at radius 3 is 2.44 bits per heavy atom. The number of benzene rings is 2. The molecule has 0 aromatic heterocycles. The van der Waals surface area contributed by atoms with Gasteiger partial charge in [0.25, 0.3) is 0 Å². The lowest BCUT2D eigenvalue weighted by molar-refractivity contribution is -0.0875. The van der Waals surface area contributed by atoms with E-state index in [1.165, 1.54) is 0 Å². The van der Waals surface area contributed by atoms with Crippen LogP contribution in [0, 0.1) is 5.92 Å². The first-order chi connectivity index (χ1) is 12.5. The zero-order valence-electron chi connectivity index (χ0n) is 16.3. The van der Waals surface area contributed by atoms with Crippen molar-refractivity contribution >= 4 is 12.4 Å². The molecule has 0 amide bonds. The molecule has 0 aliphatic heterocycles. The Bertz CT molecular complexity index is 710. The highest BCUT2D eigenvalue weighted by Gasteiger charge is 2.44. The standard InChI is InChI=1S/C22H29NO3.ClH/c1-23(2)16-18-15-21(26-19-9-5-4-6-10-19)12-13-22(18,24)17-8-7-11-20(14-17)25-3;/h4-11,14,18,21,24H,12-13,15-16H2,1-3H3;1H. The van der Waals surface area contributed by atoms with Crippen LogP contribution in [-0.2, 0) is 5.60 Å². The van der Waals surface area contributed by atoms with Gasteiger partial charge < -0.3 is 19.5 Å². The van der Waals surface area contributed by atoms with Gasteiger partial charge in [-0.1, -0.05) is 30.3 Å². The van der Waals surface area contributed by atoms with Crippen molar-refractivity contribution in [1.29, 1.82) is 0 Å². The first-order valence-corrected chi connectivity index (χ1v) is 9.24. The van der Waals surface area contributed by atoms with Crippen LogP contribution in [0.2, 0.25) is 0 Å². The molecule has 0 spiro atoms. The van der Waals surface area contributed by atoms with Gasteiger partial charge in [0.2, 0.25) is 0 Å². The van der Waals surface area contributed by atoms with Crippen molar-refractivity contribution in [2.24, 2.45) is 5.92 Å². The molecule has 3 unspecified atom stereocenters. The Kier molecular flexibility index (Phi) is 7.54. The van der Waals surface area contributed by atoms with Crippen molar-refractivity contribution in [2.45, 2.75) is 31.0 Å². The van der Waals surface area contributed by atoms with Gasteiger partial charge >= 0.3 is 0 Å². The van der Waals surface area contributed by atoms with Crippen LogP contribution in [0.25, 0.3) is 0 Å². The minimum Gasteiger partial charge on any atom is -0.497 e. The number of rotatable bonds is 6. The van der Waals surface area contributed by atoms with Crippen molar-refractivity contribution in [1.82, 2.24) is 4.90 Å². The maximum Gasteiger partial charge on any atom is 0.119 e. The lowest BCUT2D eigenvalue weighted by Gasteiger charge is -2.44.